The first-order chi connectivity index (χ1) is 12.1. The van der Waals surface area contributed by atoms with Crippen LogP contribution in [0.4, 0.5) is 11.6 Å². The fourth-order valence-corrected chi connectivity index (χ4v) is 3.87. The molecule has 0 radical (unpaired) electrons. The number of nitrogens with zero attached hydrogens (tertiary/aromatic N) is 3. The third-order valence-electron chi connectivity index (χ3n) is 3.48. The number of nitrogens with one attached hydrogen (secondary N) is 1. The van der Waals surface area contributed by atoms with Gasteiger partial charge >= 0.3 is 0 Å². The molecule has 8 heteroatoms. The minimum atomic E-state index is 0.517. The normalized spacial score (nSPS) is 10.6. The van der Waals surface area contributed by atoms with Crippen molar-refractivity contribution < 1.29 is 9.47 Å². The average Bonchev–Trinajstić information content (AvgIpc) is 3.02. The van der Waals surface area contributed by atoms with Crippen molar-refractivity contribution >= 4 is 34.7 Å². The number of methoxy groups -OCH3 is 2. The van der Waals surface area contributed by atoms with Gasteiger partial charge < -0.3 is 14.8 Å². The molecule has 0 aliphatic carbocycles. The first-order valence-corrected chi connectivity index (χ1v) is 9.52. The summed E-state index contributed by atoms with van der Waals surface area (Å²) in [6.45, 7) is 2.00. The van der Waals surface area contributed by atoms with Crippen LogP contribution in [-0.4, -0.2) is 35.4 Å². The molecular weight excluding hydrogens is 356 g/mol. The molecule has 3 aromatic rings. The second-order valence-corrected chi connectivity index (χ2v) is 7.11. The monoisotopic (exact) mass is 374 g/mol. The maximum Gasteiger partial charge on any atom is 0.227 e. The van der Waals surface area contributed by atoms with E-state index in [4.69, 9.17) is 9.47 Å². The van der Waals surface area contributed by atoms with Crippen LogP contribution in [0.25, 0.3) is 10.6 Å². The molecule has 25 heavy (non-hydrogen) atoms. The van der Waals surface area contributed by atoms with Crippen molar-refractivity contribution in [2.24, 2.45) is 0 Å². The number of benzene rings is 1. The smallest absolute Gasteiger partial charge is 0.227 e. The van der Waals surface area contributed by atoms with E-state index in [0.29, 0.717) is 17.4 Å². The lowest BCUT2D eigenvalue weighted by Gasteiger charge is -2.10. The molecule has 0 saturated carbocycles. The standard InChI is InChI=1S/C17H18N4O2S2/c1-10-15(25-17(19-10)24-4)12-7-8-18-16(21-12)20-11-5-6-13(22-2)14(9-11)23-3/h5-9H,1-4H3,(H,18,20,21). The van der Waals surface area contributed by atoms with E-state index in [1.54, 1.807) is 43.5 Å². The molecule has 1 aromatic carbocycles. The number of aryl methyl sites for hydroxylation is 1. The van der Waals surface area contributed by atoms with Crippen molar-refractivity contribution in [3.8, 4) is 22.1 Å². The van der Waals surface area contributed by atoms with Crippen LogP contribution in [-0.2, 0) is 0 Å². The molecule has 0 amide bonds. The molecule has 0 aliphatic rings. The quantitative estimate of drug-likeness (QED) is 0.642. The molecule has 130 valence electrons. The van der Waals surface area contributed by atoms with Gasteiger partial charge in [0.15, 0.2) is 15.8 Å². The average molecular weight is 374 g/mol. The Balaban J connectivity index is 1.88. The Kier molecular flexibility index (Phi) is 5.40. The summed E-state index contributed by atoms with van der Waals surface area (Å²) in [6, 6.07) is 7.47. The van der Waals surface area contributed by atoms with Crippen molar-refractivity contribution in [3.05, 3.63) is 36.2 Å². The zero-order chi connectivity index (χ0) is 17.8. The Morgan fingerprint density at radius 2 is 1.88 bits per heavy atom. The third kappa shape index (κ3) is 3.85. The van der Waals surface area contributed by atoms with Gasteiger partial charge in [-0.2, -0.15) is 0 Å². The van der Waals surface area contributed by atoms with Crippen molar-refractivity contribution in [2.75, 3.05) is 25.8 Å². The van der Waals surface area contributed by atoms with Crippen molar-refractivity contribution in [3.63, 3.8) is 0 Å². The van der Waals surface area contributed by atoms with Crippen molar-refractivity contribution in [2.45, 2.75) is 11.3 Å². The summed E-state index contributed by atoms with van der Waals surface area (Å²) >= 11 is 3.27. The summed E-state index contributed by atoms with van der Waals surface area (Å²) in [4.78, 5) is 14.5. The summed E-state index contributed by atoms with van der Waals surface area (Å²) in [6.07, 6.45) is 3.76. The molecule has 0 spiro atoms. The van der Waals surface area contributed by atoms with Gasteiger partial charge in [0.2, 0.25) is 5.95 Å². The number of ether oxygens (including phenoxy) is 2. The van der Waals surface area contributed by atoms with Crippen LogP contribution in [0.15, 0.2) is 34.8 Å². The minimum Gasteiger partial charge on any atom is -0.493 e. The van der Waals surface area contributed by atoms with Crippen LogP contribution in [0.1, 0.15) is 5.69 Å². The minimum absolute atomic E-state index is 0.517. The predicted molar refractivity (Wildman–Crippen MR) is 102 cm³/mol. The van der Waals surface area contributed by atoms with Crippen LogP contribution in [0.5, 0.6) is 11.5 Å². The SMILES string of the molecule is COc1ccc(Nc2nccc(-c3sc(SC)nc3C)n2)cc1OC. The Bertz CT molecular complexity index is 883. The van der Waals surface area contributed by atoms with Gasteiger partial charge in [-0.25, -0.2) is 15.0 Å². The molecule has 2 aromatic heterocycles. The lowest BCUT2D eigenvalue weighted by atomic mass is 10.2. The van der Waals surface area contributed by atoms with Gasteiger partial charge in [0.25, 0.3) is 0 Å². The molecule has 3 rings (SSSR count). The van der Waals surface area contributed by atoms with Crippen molar-refractivity contribution in [1.82, 2.24) is 15.0 Å². The van der Waals surface area contributed by atoms with Crippen LogP contribution in [0, 0.1) is 6.92 Å². The number of thiazole rings is 1. The number of thioether (sulfide) groups is 1. The van der Waals surface area contributed by atoms with E-state index in [9.17, 15) is 0 Å². The number of anilines is 2. The zero-order valence-corrected chi connectivity index (χ0v) is 16.0. The summed E-state index contributed by atoms with van der Waals surface area (Å²) in [5.41, 5.74) is 2.65. The summed E-state index contributed by atoms with van der Waals surface area (Å²) in [7, 11) is 3.21. The van der Waals surface area contributed by atoms with E-state index in [1.165, 1.54) is 0 Å². The molecule has 1 N–H and O–H groups in total. The van der Waals surface area contributed by atoms with Gasteiger partial charge in [-0.3, -0.25) is 0 Å². The molecular formula is C17H18N4O2S2. The maximum absolute atomic E-state index is 5.32. The van der Waals surface area contributed by atoms with Crippen LogP contribution < -0.4 is 14.8 Å². The highest BCUT2D eigenvalue weighted by Crippen LogP contribution is 2.34. The number of rotatable bonds is 6. The number of hydrogen-bond acceptors (Lipinski definition) is 8. The van der Waals surface area contributed by atoms with Gasteiger partial charge in [0.1, 0.15) is 0 Å². The van der Waals surface area contributed by atoms with Crippen LogP contribution in [0.3, 0.4) is 0 Å². The molecule has 0 bridgehead atoms. The number of hydrogen-bond donors (Lipinski definition) is 1. The van der Waals surface area contributed by atoms with E-state index in [2.05, 4.69) is 20.3 Å². The molecule has 0 saturated heterocycles. The molecule has 6 nitrogen and oxygen atoms in total. The zero-order valence-electron chi connectivity index (χ0n) is 14.4. The van der Waals surface area contributed by atoms with E-state index in [1.807, 2.05) is 37.4 Å². The van der Waals surface area contributed by atoms with E-state index in [0.717, 1.165) is 26.3 Å². The molecule has 0 fully saturated rings. The second-order valence-electron chi connectivity index (χ2n) is 5.06. The summed E-state index contributed by atoms with van der Waals surface area (Å²) < 4.78 is 11.6. The van der Waals surface area contributed by atoms with Crippen LogP contribution in [0.2, 0.25) is 0 Å². The topological polar surface area (TPSA) is 69.2 Å². The van der Waals surface area contributed by atoms with Gasteiger partial charge in [0, 0.05) is 18.0 Å². The van der Waals surface area contributed by atoms with E-state index < -0.39 is 0 Å². The summed E-state index contributed by atoms with van der Waals surface area (Å²) in [5.74, 6) is 1.84. The first kappa shape index (κ1) is 17.5. The predicted octanol–water partition coefficient (Wildman–Crippen LogP) is 4.39. The Hall–Kier alpha value is -2.32. The van der Waals surface area contributed by atoms with E-state index in [-0.39, 0.29) is 0 Å². The van der Waals surface area contributed by atoms with Gasteiger partial charge in [0.05, 0.1) is 30.5 Å². The highest BCUT2D eigenvalue weighted by atomic mass is 32.2. The Morgan fingerprint density at radius 3 is 2.56 bits per heavy atom. The Labute approximate surface area is 154 Å². The van der Waals surface area contributed by atoms with Gasteiger partial charge in [-0.05, 0) is 31.4 Å². The highest BCUT2D eigenvalue weighted by molar-refractivity contribution is 8.00. The maximum atomic E-state index is 5.32. The van der Waals surface area contributed by atoms with E-state index >= 15 is 0 Å². The second kappa shape index (κ2) is 7.71. The molecule has 0 aliphatic heterocycles. The van der Waals surface area contributed by atoms with Crippen LogP contribution >= 0.6 is 23.1 Å². The highest BCUT2D eigenvalue weighted by Gasteiger charge is 2.12. The largest absolute Gasteiger partial charge is 0.493 e. The van der Waals surface area contributed by atoms with Gasteiger partial charge in [-0.1, -0.05) is 11.8 Å². The summed E-state index contributed by atoms with van der Waals surface area (Å²) in [5, 5.41) is 3.20. The number of aromatic nitrogens is 3. The fraction of sp³-hybridized carbons (Fsp3) is 0.235. The van der Waals surface area contributed by atoms with Crippen molar-refractivity contribution in [1.29, 1.82) is 0 Å². The Morgan fingerprint density at radius 1 is 1.08 bits per heavy atom. The first-order valence-electron chi connectivity index (χ1n) is 7.48. The molecule has 0 atom stereocenters. The lowest BCUT2D eigenvalue weighted by Crippen LogP contribution is -1.99. The lowest BCUT2D eigenvalue weighted by molar-refractivity contribution is 0.355. The fourth-order valence-electron chi connectivity index (χ4n) is 2.29. The molecule has 0 unspecified atom stereocenters. The third-order valence-corrected chi connectivity index (χ3v) is 5.64. The van der Waals surface area contributed by atoms with Gasteiger partial charge in [-0.15, -0.1) is 11.3 Å². The molecule has 2 heterocycles.